The number of ether oxygens (including phenoxy) is 1. The van der Waals surface area contributed by atoms with Crippen LogP contribution in [0.25, 0.3) is 0 Å². The average molecular weight is 265 g/mol. The number of aromatic nitrogens is 4. The Bertz CT molecular complexity index is 503. The molecule has 0 aliphatic rings. The van der Waals surface area contributed by atoms with Gasteiger partial charge in [0.25, 0.3) is 0 Å². The summed E-state index contributed by atoms with van der Waals surface area (Å²) in [5, 5.41) is 6.57. The number of anilines is 2. The lowest BCUT2D eigenvalue weighted by Crippen LogP contribution is -2.14. The largest absolute Gasteiger partial charge is 0.463 e. The second-order valence-corrected chi connectivity index (χ2v) is 3.59. The number of hydrogen-bond acceptors (Lipinski definition) is 9. The van der Waals surface area contributed by atoms with E-state index in [2.05, 4.69) is 30.9 Å². The number of nitrogens with two attached hydrogens (primary N) is 1. The molecule has 0 spiro atoms. The van der Waals surface area contributed by atoms with Gasteiger partial charge in [-0.2, -0.15) is 15.0 Å². The first-order valence-corrected chi connectivity index (χ1v) is 5.80. The van der Waals surface area contributed by atoms with Gasteiger partial charge >= 0.3 is 6.01 Å². The Balaban J connectivity index is 2.05. The molecule has 19 heavy (non-hydrogen) atoms. The van der Waals surface area contributed by atoms with Crippen LogP contribution in [0, 0.1) is 0 Å². The highest BCUT2D eigenvalue weighted by Gasteiger charge is 2.07. The van der Waals surface area contributed by atoms with Crippen LogP contribution >= 0.6 is 0 Å². The predicted molar refractivity (Wildman–Crippen MR) is 67.3 cm³/mol. The van der Waals surface area contributed by atoms with Crippen molar-refractivity contribution in [3.63, 3.8) is 0 Å². The third-order valence-electron chi connectivity index (χ3n) is 2.09. The van der Waals surface area contributed by atoms with E-state index in [0.717, 1.165) is 6.42 Å². The molecule has 0 aliphatic carbocycles. The van der Waals surface area contributed by atoms with Crippen LogP contribution in [0.4, 0.5) is 11.9 Å². The molecule has 0 aromatic carbocycles. The lowest BCUT2D eigenvalue weighted by Gasteiger charge is -2.07. The maximum atomic E-state index is 5.34. The summed E-state index contributed by atoms with van der Waals surface area (Å²) in [6, 6.07) is 1.95. The Morgan fingerprint density at radius 2 is 2.16 bits per heavy atom. The molecule has 102 valence electrons. The topological polar surface area (TPSA) is 124 Å². The molecule has 0 atom stereocenters. The minimum atomic E-state index is 0.213. The van der Waals surface area contributed by atoms with E-state index >= 15 is 0 Å². The van der Waals surface area contributed by atoms with Crippen molar-refractivity contribution in [3.8, 4) is 6.01 Å². The van der Waals surface area contributed by atoms with Crippen molar-refractivity contribution in [1.29, 1.82) is 0 Å². The summed E-state index contributed by atoms with van der Waals surface area (Å²) in [5.74, 6) is 6.52. The van der Waals surface area contributed by atoms with E-state index in [0.29, 0.717) is 24.9 Å². The summed E-state index contributed by atoms with van der Waals surface area (Å²) >= 11 is 0. The van der Waals surface area contributed by atoms with Gasteiger partial charge in [0.05, 0.1) is 19.3 Å². The second kappa shape index (κ2) is 6.50. The fourth-order valence-corrected chi connectivity index (χ4v) is 1.26. The summed E-state index contributed by atoms with van der Waals surface area (Å²) in [5.41, 5.74) is 2.36. The standard InChI is InChI=1S/C10H15N7O2/c1-2-5-18-10-15-8(14-9(16-10)17-11)12-6-7-3-4-13-19-7/h3-4H,2,5-6,11H2,1H3,(H2,12,14,15,16,17). The maximum Gasteiger partial charge on any atom is 0.323 e. The summed E-state index contributed by atoms with van der Waals surface area (Å²) in [7, 11) is 0. The van der Waals surface area contributed by atoms with E-state index in [-0.39, 0.29) is 12.0 Å². The minimum absolute atomic E-state index is 0.213. The first-order valence-electron chi connectivity index (χ1n) is 5.80. The Morgan fingerprint density at radius 3 is 2.84 bits per heavy atom. The van der Waals surface area contributed by atoms with Gasteiger partial charge < -0.3 is 14.6 Å². The normalized spacial score (nSPS) is 10.2. The Kier molecular flexibility index (Phi) is 4.45. The summed E-state index contributed by atoms with van der Waals surface area (Å²) in [4.78, 5) is 12.1. The molecule has 0 fully saturated rings. The van der Waals surface area contributed by atoms with Crippen molar-refractivity contribution in [2.75, 3.05) is 17.3 Å². The third-order valence-corrected chi connectivity index (χ3v) is 2.09. The van der Waals surface area contributed by atoms with Gasteiger partial charge in [0.2, 0.25) is 11.9 Å². The maximum absolute atomic E-state index is 5.34. The third kappa shape index (κ3) is 3.78. The number of nitrogen functional groups attached to an aromatic ring is 1. The van der Waals surface area contributed by atoms with E-state index in [1.807, 2.05) is 6.92 Å². The van der Waals surface area contributed by atoms with Crippen molar-refractivity contribution in [1.82, 2.24) is 20.1 Å². The van der Waals surface area contributed by atoms with Crippen LogP contribution in [0.5, 0.6) is 6.01 Å². The van der Waals surface area contributed by atoms with Gasteiger partial charge in [-0.3, -0.25) is 5.43 Å². The fraction of sp³-hybridized carbons (Fsp3) is 0.400. The van der Waals surface area contributed by atoms with Gasteiger partial charge in [0, 0.05) is 6.07 Å². The van der Waals surface area contributed by atoms with Crippen molar-refractivity contribution in [3.05, 3.63) is 18.0 Å². The van der Waals surface area contributed by atoms with E-state index in [1.165, 1.54) is 0 Å². The van der Waals surface area contributed by atoms with Gasteiger partial charge in [-0.1, -0.05) is 12.1 Å². The zero-order valence-electron chi connectivity index (χ0n) is 10.5. The van der Waals surface area contributed by atoms with E-state index in [4.69, 9.17) is 15.1 Å². The molecule has 9 nitrogen and oxygen atoms in total. The second-order valence-electron chi connectivity index (χ2n) is 3.59. The molecular weight excluding hydrogens is 250 g/mol. The van der Waals surface area contributed by atoms with Crippen LogP contribution in [0.15, 0.2) is 16.8 Å². The molecule has 2 aromatic heterocycles. The molecule has 0 unspecified atom stereocenters. The Hall–Kier alpha value is -2.42. The number of rotatable bonds is 7. The number of hydrazine groups is 1. The number of hydrogen-bond donors (Lipinski definition) is 3. The van der Waals surface area contributed by atoms with Crippen LogP contribution < -0.4 is 21.3 Å². The van der Waals surface area contributed by atoms with Crippen LogP contribution in [-0.2, 0) is 6.54 Å². The monoisotopic (exact) mass is 265 g/mol. The molecule has 0 bridgehead atoms. The van der Waals surface area contributed by atoms with Gasteiger partial charge in [0.15, 0.2) is 5.76 Å². The van der Waals surface area contributed by atoms with Crippen molar-refractivity contribution < 1.29 is 9.26 Å². The quantitative estimate of drug-likeness (QED) is 0.486. The predicted octanol–water partition coefficient (Wildman–Crippen LogP) is 0.546. The summed E-state index contributed by atoms with van der Waals surface area (Å²) in [6.45, 7) is 2.92. The van der Waals surface area contributed by atoms with Crippen LogP contribution in [0.2, 0.25) is 0 Å². The molecule has 0 radical (unpaired) electrons. The summed E-state index contributed by atoms with van der Waals surface area (Å²) < 4.78 is 10.3. The van der Waals surface area contributed by atoms with Crippen molar-refractivity contribution in [2.45, 2.75) is 19.9 Å². The highest BCUT2D eigenvalue weighted by atomic mass is 16.5. The average Bonchev–Trinajstić information content (AvgIpc) is 2.96. The number of nitrogens with one attached hydrogen (secondary N) is 2. The molecule has 0 amide bonds. The van der Waals surface area contributed by atoms with E-state index < -0.39 is 0 Å². The van der Waals surface area contributed by atoms with Gasteiger partial charge in [-0.25, -0.2) is 5.84 Å². The van der Waals surface area contributed by atoms with Crippen molar-refractivity contribution in [2.24, 2.45) is 5.84 Å². The minimum Gasteiger partial charge on any atom is -0.463 e. The Morgan fingerprint density at radius 1 is 1.32 bits per heavy atom. The molecule has 2 aromatic rings. The van der Waals surface area contributed by atoms with E-state index in [9.17, 15) is 0 Å². The zero-order valence-corrected chi connectivity index (χ0v) is 10.5. The lowest BCUT2D eigenvalue weighted by molar-refractivity contribution is 0.292. The van der Waals surface area contributed by atoms with Gasteiger partial charge in [-0.15, -0.1) is 0 Å². The smallest absolute Gasteiger partial charge is 0.323 e. The molecule has 0 saturated carbocycles. The molecule has 0 saturated heterocycles. The SMILES string of the molecule is CCCOc1nc(NN)nc(NCc2ccno2)n1. The van der Waals surface area contributed by atoms with Crippen LogP contribution in [0.3, 0.4) is 0 Å². The first-order chi connectivity index (χ1) is 9.31. The first kappa shape index (κ1) is 13.0. The molecule has 2 rings (SSSR count). The number of nitrogens with zero attached hydrogens (tertiary/aromatic N) is 4. The highest BCUT2D eigenvalue weighted by molar-refractivity contribution is 5.35. The molecule has 9 heteroatoms. The van der Waals surface area contributed by atoms with Crippen molar-refractivity contribution >= 4 is 11.9 Å². The fourth-order valence-electron chi connectivity index (χ4n) is 1.26. The van der Waals surface area contributed by atoms with Gasteiger partial charge in [0.1, 0.15) is 0 Å². The lowest BCUT2D eigenvalue weighted by atomic mass is 10.4. The molecule has 2 heterocycles. The highest BCUT2D eigenvalue weighted by Crippen LogP contribution is 2.11. The van der Waals surface area contributed by atoms with Crippen LogP contribution in [0.1, 0.15) is 19.1 Å². The molecule has 4 N–H and O–H groups in total. The zero-order chi connectivity index (χ0) is 13.5. The van der Waals surface area contributed by atoms with Gasteiger partial charge in [-0.05, 0) is 6.42 Å². The Labute approximate surface area is 109 Å². The summed E-state index contributed by atoms with van der Waals surface area (Å²) in [6.07, 6.45) is 2.42. The van der Waals surface area contributed by atoms with E-state index in [1.54, 1.807) is 12.3 Å². The molecule has 0 aliphatic heterocycles. The molecular formula is C10H15N7O2. The van der Waals surface area contributed by atoms with Crippen LogP contribution in [-0.4, -0.2) is 26.7 Å².